The van der Waals surface area contributed by atoms with E-state index in [0.29, 0.717) is 12.8 Å². The van der Waals surface area contributed by atoms with Gasteiger partial charge in [-0.25, -0.2) is 13.4 Å². The van der Waals surface area contributed by atoms with Crippen LogP contribution in [0.1, 0.15) is 12.2 Å². The van der Waals surface area contributed by atoms with Gasteiger partial charge < -0.3 is 9.30 Å². The van der Waals surface area contributed by atoms with Gasteiger partial charge in [0.25, 0.3) is 0 Å². The van der Waals surface area contributed by atoms with Crippen molar-refractivity contribution in [2.45, 2.75) is 19.4 Å². The monoisotopic (exact) mass is 272 g/mol. The van der Waals surface area contributed by atoms with Crippen LogP contribution in [-0.4, -0.2) is 42.6 Å². The highest BCUT2D eigenvalue weighted by molar-refractivity contribution is 7.91. The number of carbonyl (C=O) groups is 1. The summed E-state index contributed by atoms with van der Waals surface area (Å²) in [5, 5.41) is 0. The molecule has 7 heteroatoms. The number of sulfone groups is 1. The van der Waals surface area contributed by atoms with Gasteiger partial charge in [-0.3, -0.25) is 4.79 Å². The third-order valence-electron chi connectivity index (χ3n) is 3.13. The van der Waals surface area contributed by atoms with Crippen LogP contribution >= 0.6 is 0 Å². The third-order valence-corrected chi connectivity index (χ3v) is 4.96. The van der Waals surface area contributed by atoms with Gasteiger partial charge in [0.05, 0.1) is 18.6 Å². The van der Waals surface area contributed by atoms with Gasteiger partial charge >= 0.3 is 5.97 Å². The van der Waals surface area contributed by atoms with Crippen molar-refractivity contribution in [2.24, 2.45) is 5.92 Å². The van der Waals surface area contributed by atoms with Crippen LogP contribution in [0.4, 0.5) is 0 Å². The van der Waals surface area contributed by atoms with E-state index in [1.807, 2.05) is 0 Å². The molecule has 18 heavy (non-hydrogen) atoms. The lowest BCUT2D eigenvalue weighted by Gasteiger charge is -2.09. The summed E-state index contributed by atoms with van der Waals surface area (Å²) in [6, 6.07) is 0. The Morgan fingerprint density at radius 1 is 1.61 bits per heavy atom. The molecule has 1 aliphatic heterocycles. The summed E-state index contributed by atoms with van der Waals surface area (Å²) in [7, 11) is -1.53. The first kappa shape index (κ1) is 13.1. The fourth-order valence-corrected chi connectivity index (χ4v) is 4.03. The molecule has 1 unspecified atom stereocenters. The normalized spacial score (nSPS) is 21.9. The summed E-state index contributed by atoms with van der Waals surface area (Å²) in [5.74, 6) is 0.984. The molecule has 0 saturated carbocycles. The largest absolute Gasteiger partial charge is 0.468 e. The molecule has 0 N–H and O–H groups in total. The molecule has 0 aliphatic carbocycles. The number of carbonyl (C=O) groups excluding carboxylic acids is 1. The van der Waals surface area contributed by atoms with E-state index in [0.717, 1.165) is 5.82 Å². The zero-order chi connectivity index (χ0) is 13.2. The highest BCUT2D eigenvalue weighted by Gasteiger charge is 2.28. The second-order valence-corrected chi connectivity index (χ2v) is 6.75. The Labute approximate surface area is 106 Å². The average molecular weight is 272 g/mol. The van der Waals surface area contributed by atoms with E-state index in [1.165, 1.54) is 7.11 Å². The fraction of sp³-hybridized carbons (Fsp3) is 0.636. The molecule has 0 spiro atoms. The van der Waals surface area contributed by atoms with Gasteiger partial charge in [-0.1, -0.05) is 0 Å². The summed E-state index contributed by atoms with van der Waals surface area (Å²) in [5.41, 5.74) is 0. The molecule has 0 radical (unpaired) electrons. The van der Waals surface area contributed by atoms with Crippen molar-refractivity contribution in [3.05, 3.63) is 18.2 Å². The molecule has 0 amide bonds. The molecular formula is C11H16N2O4S. The Hall–Kier alpha value is -1.37. The van der Waals surface area contributed by atoms with Crippen molar-refractivity contribution >= 4 is 15.8 Å². The molecular weight excluding hydrogens is 256 g/mol. The minimum Gasteiger partial charge on any atom is -0.468 e. The number of methoxy groups -OCH3 is 1. The molecule has 1 aromatic rings. The topological polar surface area (TPSA) is 78.3 Å². The van der Waals surface area contributed by atoms with Gasteiger partial charge in [-0.15, -0.1) is 0 Å². The summed E-state index contributed by atoms with van der Waals surface area (Å²) in [6.45, 7) is 0.116. The molecule has 1 fully saturated rings. The maximum atomic E-state index is 11.4. The third kappa shape index (κ3) is 3.10. The quantitative estimate of drug-likeness (QED) is 0.723. The standard InChI is InChI=1S/C11H16N2O4S/c1-17-11(14)7-13-4-3-12-10(13)6-9-2-5-18(15,16)8-9/h3-4,9H,2,5-8H2,1H3. The Morgan fingerprint density at radius 3 is 3.00 bits per heavy atom. The van der Waals surface area contributed by atoms with Crippen LogP contribution in [0.25, 0.3) is 0 Å². The first-order valence-electron chi connectivity index (χ1n) is 5.77. The number of hydrogen-bond donors (Lipinski definition) is 0. The molecule has 6 nitrogen and oxygen atoms in total. The Morgan fingerprint density at radius 2 is 2.39 bits per heavy atom. The first-order chi connectivity index (χ1) is 8.50. The Balaban J connectivity index is 2.02. The van der Waals surface area contributed by atoms with Gasteiger partial charge in [0.15, 0.2) is 9.84 Å². The van der Waals surface area contributed by atoms with Crippen LogP contribution in [0.2, 0.25) is 0 Å². The van der Waals surface area contributed by atoms with E-state index in [2.05, 4.69) is 9.72 Å². The minimum absolute atomic E-state index is 0.105. The van der Waals surface area contributed by atoms with Gasteiger partial charge in [-0.05, 0) is 12.3 Å². The van der Waals surface area contributed by atoms with Crippen LogP contribution in [0.5, 0.6) is 0 Å². The van der Waals surface area contributed by atoms with E-state index >= 15 is 0 Å². The zero-order valence-electron chi connectivity index (χ0n) is 10.2. The number of ether oxygens (including phenoxy) is 1. The Kier molecular flexibility index (Phi) is 3.70. The second-order valence-electron chi connectivity index (χ2n) is 4.52. The molecule has 1 saturated heterocycles. The second kappa shape index (κ2) is 5.09. The predicted octanol–water partition coefficient (Wildman–Crippen LogP) is 0.0333. The van der Waals surface area contributed by atoms with Crippen LogP contribution in [-0.2, 0) is 32.3 Å². The molecule has 1 aromatic heterocycles. The fourth-order valence-electron chi connectivity index (χ4n) is 2.17. The number of esters is 1. The minimum atomic E-state index is -2.87. The summed E-state index contributed by atoms with van der Waals surface area (Å²) in [4.78, 5) is 15.4. The lowest BCUT2D eigenvalue weighted by Crippen LogP contribution is -2.16. The maximum Gasteiger partial charge on any atom is 0.325 e. The summed E-state index contributed by atoms with van der Waals surface area (Å²) in [6.07, 6.45) is 4.58. The van der Waals surface area contributed by atoms with E-state index < -0.39 is 9.84 Å². The highest BCUT2D eigenvalue weighted by atomic mass is 32.2. The smallest absolute Gasteiger partial charge is 0.325 e. The number of aromatic nitrogens is 2. The van der Waals surface area contributed by atoms with Crippen molar-refractivity contribution in [1.82, 2.24) is 9.55 Å². The van der Waals surface area contributed by atoms with Crippen LogP contribution in [0.3, 0.4) is 0 Å². The molecule has 100 valence electrons. The zero-order valence-corrected chi connectivity index (χ0v) is 11.0. The highest BCUT2D eigenvalue weighted by Crippen LogP contribution is 2.21. The van der Waals surface area contributed by atoms with E-state index in [-0.39, 0.29) is 29.9 Å². The van der Waals surface area contributed by atoms with Crippen molar-refractivity contribution < 1.29 is 17.9 Å². The van der Waals surface area contributed by atoms with Gasteiger partial charge in [0.1, 0.15) is 12.4 Å². The molecule has 2 heterocycles. The molecule has 0 bridgehead atoms. The van der Waals surface area contributed by atoms with Crippen molar-refractivity contribution in [2.75, 3.05) is 18.6 Å². The van der Waals surface area contributed by atoms with E-state index in [1.54, 1.807) is 17.0 Å². The van der Waals surface area contributed by atoms with Crippen LogP contribution < -0.4 is 0 Å². The lowest BCUT2D eigenvalue weighted by atomic mass is 10.1. The molecule has 1 aliphatic rings. The van der Waals surface area contributed by atoms with Gasteiger partial charge in [-0.2, -0.15) is 0 Å². The summed E-state index contributed by atoms with van der Waals surface area (Å²) < 4.78 is 29.1. The molecule has 2 rings (SSSR count). The first-order valence-corrected chi connectivity index (χ1v) is 7.59. The SMILES string of the molecule is COC(=O)Cn1ccnc1CC1CCS(=O)(=O)C1. The average Bonchev–Trinajstić information content (AvgIpc) is 2.86. The van der Waals surface area contributed by atoms with Crippen molar-refractivity contribution in [3.8, 4) is 0 Å². The van der Waals surface area contributed by atoms with Crippen LogP contribution in [0, 0.1) is 5.92 Å². The number of nitrogens with zero attached hydrogens (tertiary/aromatic N) is 2. The van der Waals surface area contributed by atoms with E-state index in [4.69, 9.17) is 0 Å². The summed E-state index contributed by atoms with van der Waals surface area (Å²) >= 11 is 0. The Bertz CT molecular complexity index is 535. The molecule has 1 atom stereocenters. The molecule has 0 aromatic carbocycles. The maximum absolute atomic E-state index is 11.4. The number of imidazole rings is 1. The van der Waals surface area contributed by atoms with Gasteiger partial charge in [0.2, 0.25) is 0 Å². The lowest BCUT2D eigenvalue weighted by molar-refractivity contribution is -0.141. The van der Waals surface area contributed by atoms with Crippen molar-refractivity contribution in [3.63, 3.8) is 0 Å². The van der Waals surface area contributed by atoms with Gasteiger partial charge in [0, 0.05) is 18.8 Å². The van der Waals surface area contributed by atoms with Crippen LogP contribution in [0.15, 0.2) is 12.4 Å². The predicted molar refractivity (Wildman–Crippen MR) is 64.7 cm³/mol. The van der Waals surface area contributed by atoms with E-state index in [9.17, 15) is 13.2 Å². The number of hydrogen-bond acceptors (Lipinski definition) is 5. The number of rotatable bonds is 4. The van der Waals surface area contributed by atoms with Crippen molar-refractivity contribution in [1.29, 1.82) is 0 Å².